The molecule has 4 nitrogen and oxygen atoms in total. The summed E-state index contributed by atoms with van der Waals surface area (Å²) >= 11 is 0. The summed E-state index contributed by atoms with van der Waals surface area (Å²) in [7, 11) is 0. The summed E-state index contributed by atoms with van der Waals surface area (Å²) in [5.41, 5.74) is 2.59. The van der Waals surface area contributed by atoms with E-state index in [1.54, 1.807) is 24.4 Å². The summed E-state index contributed by atoms with van der Waals surface area (Å²) in [6, 6.07) is 10.0. The number of pyridine rings is 1. The highest BCUT2D eigenvalue weighted by atomic mass is 16.6. The van der Waals surface area contributed by atoms with Crippen LogP contribution in [0, 0.1) is 10.1 Å². The molecule has 0 amide bonds. The molecule has 17 heavy (non-hydrogen) atoms. The Morgan fingerprint density at radius 1 is 1.24 bits per heavy atom. The van der Waals surface area contributed by atoms with E-state index in [1.165, 1.54) is 12.1 Å². The van der Waals surface area contributed by atoms with Crippen LogP contribution in [0.4, 0.5) is 5.69 Å². The first-order valence-electron chi connectivity index (χ1n) is 5.04. The minimum atomic E-state index is -0.420. The number of nitrogens with zero attached hydrogens (tertiary/aromatic N) is 2. The van der Waals surface area contributed by atoms with Gasteiger partial charge in [-0.05, 0) is 18.2 Å². The third-order valence-corrected chi connectivity index (χ3v) is 2.41. The number of hydrogen-bond donors (Lipinski definition) is 0. The number of benzene rings is 1. The highest BCUT2D eigenvalue weighted by Gasteiger charge is 2.07. The third kappa shape index (κ3) is 2.20. The quantitative estimate of drug-likeness (QED) is 0.596. The van der Waals surface area contributed by atoms with Gasteiger partial charge in [0.2, 0.25) is 0 Å². The average Bonchev–Trinajstić information content (AvgIpc) is 2.39. The third-order valence-electron chi connectivity index (χ3n) is 2.41. The van der Waals surface area contributed by atoms with E-state index in [-0.39, 0.29) is 5.69 Å². The molecule has 1 aromatic carbocycles. The maximum absolute atomic E-state index is 10.5. The molecule has 0 saturated heterocycles. The Balaban J connectivity index is 2.46. The SMILES string of the molecule is C=Cc1cccnc1-c1ccc([N+](=O)[O-])cc1. The van der Waals surface area contributed by atoms with Crippen molar-refractivity contribution in [3.63, 3.8) is 0 Å². The normalized spacial score (nSPS) is 9.88. The van der Waals surface area contributed by atoms with E-state index in [1.807, 2.05) is 12.1 Å². The van der Waals surface area contributed by atoms with E-state index < -0.39 is 4.92 Å². The van der Waals surface area contributed by atoms with Crippen molar-refractivity contribution < 1.29 is 4.92 Å². The summed E-state index contributed by atoms with van der Waals surface area (Å²) in [6.45, 7) is 3.71. The first-order valence-corrected chi connectivity index (χ1v) is 5.04. The topological polar surface area (TPSA) is 56.0 Å². The van der Waals surface area contributed by atoms with Crippen molar-refractivity contribution in [2.75, 3.05) is 0 Å². The molecular formula is C13H10N2O2. The highest BCUT2D eigenvalue weighted by Crippen LogP contribution is 2.24. The van der Waals surface area contributed by atoms with Crippen LogP contribution in [-0.2, 0) is 0 Å². The molecule has 0 fully saturated rings. The molecule has 0 bridgehead atoms. The first kappa shape index (κ1) is 11.0. The second kappa shape index (κ2) is 4.57. The lowest BCUT2D eigenvalue weighted by Crippen LogP contribution is -1.90. The van der Waals surface area contributed by atoms with Gasteiger partial charge in [-0.1, -0.05) is 18.7 Å². The Labute approximate surface area is 98.4 Å². The standard InChI is InChI=1S/C13H10N2O2/c1-2-10-4-3-9-14-13(10)11-5-7-12(8-6-11)15(16)17/h2-9H,1H2. The zero-order valence-corrected chi connectivity index (χ0v) is 9.04. The van der Waals surface area contributed by atoms with Gasteiger partial charge < -0.3 is 0 Å². The van der Waals surface area contributed by atoms with Gasteiger partial charge in [-0.3, -0.25) is 15.1 Å². The van der Waals surface area contributed by atoms with E-state index >= 15 is 0 Å². The summed E-state index contributed by atoms with van der Waals surface area (Å²) in [6.07, 6.45) is 3.40. The molecule has 0 radical (unpaired) electrons. The van der Waals surface area contributed by atoms with Crippen molar-refractivity contribution in [2.24, 2.45) is 0 Å². The maximum Gasteiger partial charge on any atom is 0.269 e. The molecule has 0 aliphatic rings. The van der Waals surface area contributed by atoms with Gasteiger partial charge in [0.25, 0.3) is 5.69 Å². The Morgan fingerprint density at radius 3 is 2.53 bits per heavy atom. The molecule has 2 rings (SSSR count). The van der Waals surface area contributed by atoms with Gasteiger partial charge in [-0.2, -0.15) is 0 Å². The molecular weight excluding hydrogens is 216 g/mol. The molecule has 84 valence electrons. The minimum Gasteiger partial charge on any atom is -0.258 e. The van der Waals surface area contributed by atoms with Crippen LogP contribution in [0.15, 0.2) is 49.2 Å². The summed E-state index contributed by atoms with van der Waals surface area (Å²) in [5.74, 6) is 0. The van der Waals surface area contributed by atoms with Crippen LogP contribution in [0.2, 0.25) is 0 Å². The molecule has 0 spiro atoms. The number of rotatable bonds is 3. The van der Waals surface area contributed by atoms with E-state index in [9.17, 15) is 10.1 Å². The first-order chi connectivity index (χ1) is 8.22. The van der Waals surface area contributed by atoms with E-state index in [2.05, 4.69) is 11.6 Å². The number of aromatic nitrogens is 1. The smallest absolute Gasteiger partial charge is 0.258 e. The van der Waals surface area contributed by atoms with Gasteiger partial charge in [0.15, 0.2) is 0 Å². The number of nitro groups is 1. The second-order valence-electron chi connectivity index (χ2n) is 3.45. The van der Waals surface area contributed by atoms with Gasteiger partial charge in [0, 0.05) is 29.5 Å². The molecule has 0 aliphatic heterocycles. The molecule has 4 heteroatoms. The molecule has 1 aromatic heterocycles. The fourth-order valence-corrected chi connectivity index (χ4v) is 1.56. The van der Waals surface area contributed by atoms with E-state index in [0.717, 1.165) is 16.8 Å². The van der Waals surface area contributed by atoms with Crippen molar-refractivity contribution >= 4 is 11.8 Å². The summed E-state index contributed by atoms with van der Waals surface area (Å²) < 4.78 is 0. The van der Waals surface area contributed by atoms with Gasteiger partial charge in [0.05, 0.1) is 10.6 Å². The number of hydrogen-bond acceptors (Lipinski definition) is 3. The fraction of sp³-hybridized carbons (Fsp3) is 0. The Hall–Kier alpha value is -2.49. The van der Waals surface area contributed by atoms with E-state index in [0.29, 0.717) is 0 Å². The Kier molecular flexibility index (Phi) is 2.96. The van der Waals surface area contributed by atoms with Gasteiger partial charge >= 0.3 is 0 Å². The maximum atomic E-state index is 10.5. The lowest BCUT2D eigenvalue weighted by atomic mass is 10.1. The largest absolute Gasteiger partial charge is 0.269 e. The molecule has 1 heterocycles. The van der Waals surface area contributed by atoms with Gasteiger partial charge in [-0.25, -0.2) is 0 Å². The van der Waals surface area contributed by atoms with Crippen LogP contribution >= 0.6 is 0 Å². The molecule has 0 unspecified atom stereocenters. The van der Waals surface area contributed by atoms with Crippen LogP contribution in [-0.4, -0.2) is 9.91 Å². The molecule has 0 atom stereocenters. The summed E-state index contributed by atoms with van der Waals surface area (Å²) in [5, 5.41) is 10.5. The second-order valence-corrected chi connectivity index (χ2v) is 3.45. The van der Waals surface area contributed by atoms with Gasteiger partial charge in [-0.15, -0.1) is 0 Å². The lowest BCUT2D eigenvalue weighted by Gasteiger charge is -2.04. The fourth-order valence-electron chi connectivity index (χ4n) is 1.56. The number of non-ortho nitro benzene ring substituents is 1. The van der Waals surface area contributed by atoms with Crippen LogP contribution in [0.25, 0.3) is 17.3 Å². The highest BCUT2D eigenvalue weighted by molar-refractivity contribution is 5.71. The molecule has 0 aliphatic carbocycles. The molecule has 2 aromatic rings. The van der Waals surface area contributed by atoms with Crippen LogP contribution < -0.4 is 0 Å². The number of nitro benzene ring substituents is 1. The van der Waals surface area contributed by atoms with Crippen molar-refractivity contribution in [1.82, 2.24) is 4.98 Å². The molecule has 0 saturated carbocycles. The zero-order valence-electron chi connectivity index (χ0n) is 9.04. The zero-order chi connectivity index (χ0) is 12.3. The Morgan fingerprint density at radius 2 is 1.94 bits per heavy atom. The molecule has 0 N–H and O–H groups in total. The van der Waals surface area contributed by atoms with Crippen molar-refractivity contribution in [3.8, 4) is 11.3 Å². The van der Waals surface area contributed by atoms with E-state index in [4.69, 9.17) is 0 Å². The lowest BCUT2D eigenvalue weighted by molar-refractivity contribution is -0.384. The van der Waals surface area contributed by atoms with Crippen LogP contribution in [0.5, 0.6) is 0 Å². The predicted octanol–water partition coefficient (Wildman–Crippen LogP) is 3.30. The van der Waals surface area contributed by atoms with Crippen molar-refractivity contribution in [3.05, 3.63) is 64.9 Å². The van der Waals surface area contributed by atoms with Crippen molar-refractivity contribution in [2.45, 2.75) is 0 Å². The monoisotopic (exact) mass is 226 g/mol. The minimum absolute atomic E-state index is 0.0739. The predicted molar refractivity (Wildman–Crippen MR) is 66.4 cm³/mol. The van der Waals surface area contributed by atoms with Crippen molar-refractivity contribution in [1.29, 1.82) is 0 Å². The average molecular weight is 226 g/mol. The van der Waals surface area contributed by atoms with Crippen LogP contribution in [0.3, 0.4) is 0 Å². The van der Waals surface area contributed by atoms with Gasteiger partial charge in [0.1, 0.15) is 0 Å². The van der Waals surface area contributed by atoms with Crippen LogP contribution in [0.1, 0.15) is 5.56 Å². The summed E-state index contributed by atoms with van der Waals surface area (Å²) in [4.78, 5) is 14.4. The Bertz CT molecular complexity index is 562.